The fraction of sp³-hybridized carbons (Fsp3) is 0.909. The molecule has 0 aliphatic heterocycles. The van der Waals surface area contributed by atoms with E-state index in [-0.39, 0.29) is 12.0 Å². The first kappa shape index (κ1) is 17.2. The molecule has 0 saturated heterocycles. The number of tetrazole rings is 1. The highest BCUT2D eigenvalue weighted by Crippen LogP contribution is 2.24. The summed E-state index contributed by atoms with van der Waals surface area (Å²) in [4.78, 5) is 0. The SMILES string of the molecule is CC(C)(C)NCCn1nnnc1SCCCC(F)(F)F. The van der Waals surface area contributed by atoms with Crippen LogP contribution in [0, 0.1) is 0 Å². The quantitative estimate of drug-likeness (QED) is 0.619. The Hall–Kier alpha value is -0.830. The van der Waals surface area contributed by atoms with Gasteiger partial charge in [-0.2, -0.15) is 13.2 Å². The minimum Gasteiger partial charge on any atom is -0.310 e. The molecule has 0 bridgehead atoms. The van der Waals surface area contributed by atoms with Crippen molar-refractivity contribution < 1.29 is 13.2 Å². The number of aromatic nitrogens is 4. The van der Waals surface area contributed by atoms with Crippen molar-refractivity contribution in [3.63, 3.8) is 0 Å². The lowest BCUT2D eigenvalue weighted by Gasteiger charge is -2.20. The third kappa shape index (κ3) is 7.68. The van der Waals surface area contributed by atoms with Crippen LogP contribution in [0.25, 0.3) is 0 Å². The van der Waals surface area contributed by atoms with E-state index < -0.39 is 12.6 Å². The summed E-state index contributed by atoms with van der Waals surface area (Å²) >= 11 is 1.25. The van der Waals surface area contributed by atoms with E-state index in [2.05, 4.69) is 41.6 Å². The smallest absolute Gasteiger partial charge is 0.310 e. The van der Waals surface area contributed by atoms with Gasteiger partial charge in [0.1, 0.15) is 0 Å². The van der Waals surface area contributed by atoms with Crippen LogP contribution in [-0.4, -0.2) is 44.2 Å². The monoisotopic (exact) mass is 311 g/mol. The standard InChI is InChI=1S/C11H20F3N5S/c1-10(2,3)15-6-7-19-9(16-17-18-19)20-8-4-5-11(12,13)14/h15H,4-8H2,1-3H3. The molecule has 0 amide bonds. The van der Waals surface area contributed by atoms with Crippen molar-refractivity contribution >= 4 is 11.8 Å². The third-order valence-electron chi connectivity index (χ3n) is 2.31. The minimum absolute atomic E-state index is 0.00796. The molecule has 0 saturated carbocycles. The molecule has 0 atom stereocenters. The third-order valence-corrected chi connectivity index (χ3v) is 3.36. The molecule has 0 unspecified atom stereocenters. The average Bonchev–Trinajstić information content (AvgIpc) is 2.69. The van der Waals surface area contributed by atoms with E-state index in [0.29, 0.717) is 24.0 Å². The van der Waals surface area contributed by atoms with Crippen LogP contribution in [0.15, 0.2) is 5.16 Å². The average molecular weight is 311 g/mol. The predicted octanol–water partition coefficient (Wildman–Crippen LogP) is 2.50. The zero-order valence-corrected chi connectivity index (χ0v) is 12.7. The Morgan fingerprint density at radius 3 is 2.55 bits per heavy atom. The molecular weight excluding hydrogens is 291 g/mol. The van der Waals surface area contributed by atoms with Crippen LogP contribution in [0.5, 0.6) is 0 Å². The van der Waals surface area contributed by atoms with Crippen molar-refractivity contribution in [2.24, 2.45) is 0 Å². The van der Waals surface area contributed by atoms with E-state index in [1.807, 2.05) is 0 Å². The van der Waals surface area contributed by atoms with E-state index in [0.717, 1.165) is 0 Å². The number of nitrogens with one attached hydrogen (secondary N) is 1. The number of thioether (sulfide) groups is 1. The van der Waals surface area contributed by atoms with Crippen LogP contribution < -0.4 is 5.32 Å². The fourth-order valence-corrected chi connectivity index (χ4v) is 2.26. The van der Waals surface area contributed by atoms with Crippen LogP contribution in [0.4, 0.5) is 13.2 Å². The molecule has 5 nitrogen and oxygen atoms in total. The molecule has 0 aromatic carbocycles. The summed E-state index contributed by atoms with van der Waals surface area (Å²) in [7, 11) is 0. The summed E-state index contributed by atoms with van der Waals surface area (Å²) in [5.74, 6) is 0.354. The first-order chi connectivity index (χ1) is 9.17. The molecule has 20 heavy (non-hydrogen) atoms. The summed E-state index contributed by atoms with van der Waals surface area (Å²) in [6.07, 6.45) is -4.79. The lowest BCUT2D eigenvalue weighted by Crippen LogP contribution is -2.38. The maximum Gasteiger partial charge on any atom is 0.389 e. The van der Waals surface area contributed by atoms with Gasteiger partial charge in [0.2, 0.25) is 5.16 Å². The van der Waals surface area contributed by atoms with Gasteiger partial charge in [0, 0.05) is 24.3 Å². The Balaban J connectivity index is 2.32. The fourth-order valence-electron chi connectivity index (χ4n) is 1.41. The molecule has 1 aromatic rings. The maximum atomic E-state index is 12.0. The molecule has 9 heteroatoms. The second-order valence-corrected chi connectivity index (χ2v) is 6.49. The van der Waals surface area contributed by atoms with Crippen molar-refractivity contribution in [3.05, 3.63) is 0 Å². The van der Waals surface area contributed by atoms with Gasteiger partial charge in [-0.1, -0.05) is 11.8 Å². The molecule has 0 radical (unpaired) electrons. The molecule has 0 aliphatic rings. The number of hydrogen-bond acceptors (Lipinski definition) is 5. The summed E-state index contributed by atoms with van der Waals surface area (Å²) in [5, 5.41) is 15.1. The number of nitrogens with zero attached hydrogens (tertiary/aromatic N) is 4. The highest BCUT2D eigenvalue weighted by Gasteiger charge is 2.26. The van der Waals surface area contributed by atoms with E-state index in [9.17, 15) is 13.2 Å². The highest BCUT2D eigenvalue weighted by atomic mass is 32.2. The van der Waals surface area contributed by atoms with Crippen molar-refractivity contribution in [3.8, 4) is 0 Å². The molecule has 1 aromatic heterocycles. The van der Waals surface area contributed by atoms with E-state index in [4.69, 9.17) is 0 Å². The van der Waals surface area contributed by atoms with Crippen LogP contribution in [-0.2, 0) is 6.54 Å². The van der Waals surface area contributed by atoms with Gasteiger partial charge in [0.15, 0.2) is 0 Å². The molecule has 1 heterocycles. The van der Waals surface area contributed by atoms with Crippen molar-refractivity contribution in [1.82, 2.24) is 25.5 Å². The van der Waals surface area contributed by atoms with Crippen molar-refractivity contribution in [1.29, 1.82) is 0 Å². The van der Waals surface area contributed by atoms with Gasteiger partial charge in [0.25, 0.3) is 0 Å². The first-order valence-corrected chi connectivity index (χ1v) is 7.37. The molecule has 116 valence electrons. The Bertz CT molecular complexity index is 399. The lowest BCUT2D eigenvalue weighted by molar-refractivity contribution is -0.134. The number of alkyl halides is 3. The van der Waals surface area contributed by atoms with Crippen LogP contribution in [0.3, 0.4) is 0 Å². The summed E-state index contributed by atoms with van der Waals surface area (Å²) in [6.45, 7) is 7.45. The Labute approximate surface area is 120 Å². The highest BCUT2D eigenvalue weighted by molar-refractivity contribution is 7.99. The summed E-state index contributed by atoms with van der Waals surface area (Å²) in [6, 6.07) is 0. The topological polar surface area (TPSA) is 55.6 Å². The van der Waals surface area contributed by atoms with Crippen molar-refractivity contribution in [2.45, 2.75) is 57.0 Å². The Morgan fingerprint density at radius 2 is 1.95 bits per heavy atom. The molecule has 0 aliphatic carbocycles. The Kier molecular flexibility index (Phi) is 6.25. The van der Waals surface area contributed by atoms with Gasteiger partial charge in [-0.05, 0) is 37.6 Å². The molecule has 0 fully saturated rings. The van der Waals surface area contributed by atoms with Crippen LogP contribution in [0.1, 0.15) is 33.6 Å². The normalized spacial score (nSPS) is 12.9. The first-order valence-electron chi connectivity index (χ1n) is 6.38. The zero-order chi connectivity index (χ0) is 15.2. The minimum atomic E-state index is -4.09. The van der Waals surface area contributed by atoms with Gasteiger partial charge in [-0.3, -0.25) is 0 Å². The van der Waals surface area contributed by atoms with Crippen LogP contribution >= 0.6 is 11.8 Å². The largest absolute Gasteiger partial charge is 0.389 e. The summed E-state index contributed by atoms with van der Waals surface area (Å²) in [5.41, 5.74) is 0.00796. The molecule has 1 N–H and O–H groups in total. The maximum absolute atomic E-state index is 12.0. The second-order valence-electron chi connectivity index (χ2n) is 5.43. The Morgan fingerprint density at radius 1 is 1.25 bits per heavy atom. The van der Waals surface area contributed by atoms with E-state index in [1.54, 1.807) is 4.68 Å². The molecule has 0 spiro atoms. The van der Waals surface area contributed by atoms with Gasteiger partial charge in [0.05, 0.1) is 6.54 Å². The number of hydrogen-bond donors (Lipinski definition) is 1. The molecular formula is C11H20F3N5S. The summed E-state index contributed by atoms with van der Waals surface area (Å²) < 4.78 is 37.7. The van der Waals surface area contributed by atoms with Crippen molar-refractivity contribution in [2.75, 3.05) is 12.3 Å². The van der Waals surface area contributed by atoms with E-state index in [1.165, 1.54) is 11.8 Å². The predicted molar refractivity (Wildman–Crippen MR) is 71.6 cm³/mol. The molecule has 1 rings (SSSR count). The van der Waals surface area contributed by atoms with Gasteiger partial charge in [-0.25, -0.2) is 4.68 Å². The zero-order valence-electron chi connectivity index (χ0n) is 11.9. The lowest BCUT2D eigenvalue weighted by atomic mass is 10.1. The van der Waals surface area contributed by atoms with E-state index >= 15 is 0 Å². The van der Waals surface area contributed by atoms with Gasteiger partial charge < -0.3 is 5.32 Å². The van der Waals surface area contributed by atoms with Gasteiger partial charge in [-0.15, -0.1) is 5.10 Å². The number of rotatable bonds is 7. The van der Waals surface area contributed by atoms with Gasteiger partial charge >= 0.3 is 6.18 Å². The number of halogens is 3. The van der Waals surface area contributed by atoms with Crippen LogP contribution in [0.2, 0.25) is 0 Å². The second kappa shape index (κ2) is 7.26.